The van der Waals surface area contributed by atoms with Crippen LogP contribution in [0.15, 0.2) is 36.4 Å². The summed E-state index contributed by atoms with van der Waals surface area (Å²) < 4.78 is 5.52. The molecule has 7 nitrogen and oxygen atoms in total. The number of hydrogen-bond acceptors (Lipinski definition) is 5. The number of pyridine rings is 1. The van der Waals surface area contributed by atoms with Crippen LogP contribution in [0.4, 0.5) is 0 Å². The number of fused-ring (bicyclic) bond motifs is 1. The molecule has 3 heterocycles. The minimum Gasteiger partial charge on any atom is -0.481 e. The summed E-state index contributed by atoms with van der Waals surface area (Å²) in [4.78, 5) is 33.6. The minimum absolute atomic E-state index is 0.00902. The third-order valence-corrected chi connectivity index (χ3v) is 5.70. The lowest BCUT2D eigenvalue weighted by molar-refractivity contribution is -0.125. The van der Waals surface area contributed by atoms with Crippen molar-refractivity contribution in [2.75, 3.05) is 20.2 Å². The van der Waals surface area contributed by atoms with Crippen molar-refractivity contribution in [1.29, 1.82) is 0 Å². The number of methoxy groups -OCH3 is 1. The van der Waals surface area contributed by atoms with Gasteiger partial charge in [-0.05, 0) is 31.9 Å². The van der Waals surface area contributed by atoms with E-state index in [0.717, 1.165) is 24.2 Å². The van der Waals surface area contributed by atoms with Crippen molar-refractivity contribution in [3.05, 3.63) is 58.8 Å². The van der Waals surface area contributed by atoms with Crippen LogP contribution in [0, 0.1) is 0 Å². The third-order valence-electron chi connectivity index (χ3n) is 5.70. The molecule has 0 spiro atoms. The van der Waals surface area contributed by atoms with Gasteiger partial charge < -0.3 is 15.0 Å². The van der Waals surface area contributed by atoms with Crippen LogP contribution in [-0.4, -0.2) is 58.9 Å². The molecule has 1 atom stereocenters. The SMILES string of the molecule is COc1nc2c(cc1CN1CC(=O)N[C@@H](Cc3ccccc3)C1)C(=O)N(C(C)C)C2. The van der Waals surface area contributed by atoms with Crippen molar-refractivity contribution in [1.82, 2.24) is 20.1 Å². The summed E-state index contributed by atoms with van der Waals surface area (Å²) in [6.45, 7) is 6.07. The van der Waals surface area contributed by atoms with E-state index in [0.29, 0.717) is 31.1 Å². The maximum absolute atomic E-state index is 12.8. The lowest BCUT2D eigenvalue weighted by Gasteiger charge is -2.33. The molecule has 2 amide bonds. The summed E-state index contributed by atoms with van der Waals surface area (Å²) in [7, 11) is 1.59. The molecule has 30 heavy (non-hydrogen) atoms. The molecule has 1 N–H and O–H groups in total. The first kappa shape index (κ1) is 20.3. The summed E-state index contributed by atoms with van der Waals surface area (Å²) >= 11 is 0. The first-order valence-corrected chi connectivity index (χ1v) is 10.4. The topological polar surface area (TPSA) is 74.8 Å². The Bertz CT molecular complexity index is 945. The Balaban J connectivity index is 1.52. The number of hydrogen-bond donors (Lipinski definition) is 1. The van der Waals surface area contributed by atoms with Crippen LogP contribution in [0.3, 0.4) is 0 Å². The van der Waals surface area contributed by atoms with Crippen molar-refractivity contribution in [2.45, 2.75) is 45.4 Å². The quantitative estimate of drug-likeness (QED) is 0.791. The van der Waals surface area contributed by atoms with Gasteiger partial charge in [-0.3, -0.25) is 14.5 Å². The molecule has 1 aromatic heterocycles. The van der Waals surface area contributed by atoms with Gasteiger partial charge in [-0.15, -0.1) is 0 Å². The number of carbonyl (C=O) groups excluding carboxylic acids is 2. The molecule has 158 valence electrons. The molecule has 0 saturated carbocycles. The lowest BCUT2D eigenvalue weighted by atomic mass is 10.0. The number of ether oxygens (including phenoxy) is 1. The molecule has 1 saturated heterocycles. The molecule has 7 heteroatoms. The smallest absolute Gasteiger partial charge is 0.256 e. The molecule has 2 aliphatic heterocycles. The summed E-state index contributed by atoms with van der Waals surface area (Å²) in [5.74, 6) is 0.546. The van der Waals surface area contributed by atoms with Gasteiger partial charge in [0.15, 0.2) is 0 Å². The number of amides is 2. The number of piperazine rings is 1. The second kappa shape index (κ2) is 8.44. The van der Waals surface area contributed by atoms with Crippen molar-refractivity contribution in [3.8, 4) is 5.88 Å². The van der Waals surface area contributed by atoms with E-state index in [1.54, 1.807) is 7.11 Å². The Morgan fingerprint density at radius 3 is 2.67 bits per heavy atom. The molecule has 4 rings (SSSR count). The van der Waals surface area contributed by atoms with Crippen molar-refractivity contribution in [3.63, 3.8) is 0 Å². The predicted molar refractivity (Wildman–Crippen MR) is 113 cm³/mol. The van der Waals surface area contributed by atoms with Crippen molar-refractivity contribution >= 4 is 11.8 Å². The highest BCUT2D eigenvalue weighted by Gasteiger charge is 2.33. The van der Waals surface area contributed by atoms with Gasteiger partial charge in [0.05, 0.1) is 31.5 Å². The van der Waals surface area contributed by atoms with Gasteiger partial charge in [-0.1, -0.05) is 30.3 Å². The average molecular weight is 409 g/mol. The molecule has 1 fully saturated rings. The maximum Gasteiger partial charge on any atom is 0.256 e. The van der Waals surface area contributed by atoms with E-state index in [9.17, 15) is 9.59 Å². The summed E-state index contributed by atoms with van der Waals surface area (Å²) in [6, 6.07) is 12.2. The second-order valence-corrected chi connectivity index (χ2v) is 8.30. The standard InChI is InChI=1S/C23H28N4O3/c1-15(2)27-13-20-19(23(27)29)10-17(22(25-20)30-3)11-26-12-18(24-21(28)14-26)9-16-7-5-4-6-8-16/h4-8,10,15,18H,9,11-14H2,1-3H3,(H,24,28)/t18-/m0/s1. The zero-order valence-electron chi connectivity index (χ0n) is 17.7. The fourth-order valence-electron chi connectivity index (χ4n) is 4.25. The summed E-state index contributed by atoms with van der Waals surface area (Å²) in [6.07, 6.45) is 0.782. The van der Waals surface area contributed by atoms with Gasteiger partial charge in [0.2, 0.25) is 11.8 Å². The number of aromatic nitrogens is 1. The van der Waals surface area contributed by atoms with E-state index < -0.39 is 0 Å². The Morgan fingerprint density at radius 2 is 1.97 bits per heavy atom. The van der Waals surface area contributed by atoms with Gasteiger partial charge in [0.1, 0.15) is 0 Å². The molecular weight excluding hydrogens is 380 g/mol. The normalized spacial score (nSPS) is 19.2. The largest absolute Gasteiger partial charge is 0.481 e. The summed E-state index contributed by atoms with van der Waals surface area (Å²) in [5, 5.41) is 3.09. The van der Waals surface area contributed by atoms with E-state index in [1.807, 2.05) is 43.0 Å². The first-order valence-electron chi connectivity index (χ1n) is 10.4. The van der Waals surface area contributed by atoms with Crippen LogP contribution >= 0.6 is 0 Å². The fourth-order valence-corrected chi connectivity index (χ4v) is 4.25. The Kier molecular flexibility index (Phi) is 5.72. The second-order valence-electron chi connectivity index (χ2n) is 8.30. The number of benzene rings is 1. The third kappa shape index (κ3) is 4.16. The zero-order valence-corrected chi connectivity index (χ0v) is 17.7. The highest BCUT2D eigenvalue weighted by molar-refractivity contribution is 5.98. The Labute approximate surface area is 177 Å². The maximum atomic E-state index is 12.8. The van der Waals surface area contributed by atoms with Gasteiger partial charge in [-0.25, -0.2) is 4.98 Å². The fraction of sp³-hybridized carbons (Fsp3) is 0.435. The highest BCUT2D eigenvalue weighted by atomic mass is 16.5. The van der Waals surface area contributed by atoms with Gasteiger partial charge in [-0.2, -0.15) is 0 Å². The number of nitrogens with zero attached hydrogens (tertiary/aromatic N) is 3. The molecular formula is C23H28N4O3. The zero-order chi connectivity index (χ0) is 21.3. The number of nitrogens with one attached hydrogen (secondary N) is 1. The summed E-state index contributed by atoms with van der Waals surface area (Å²) in [5.41, 5.74) is 3.43. The molecule has 1 aromatic carbocycles. The molecule has 2 aromatic rings. The van der Waals surface area contributed by atoms with E-state index in [4.69, 9.17) is 4.74 Å². The van der Waals surface area contributed by atoms with E-state index in [-0.39, 0.29) is 23.9 Å². The number of rotatable bonds is 6. The van der Waals surface area contributed by atoms with Gasteiger partial charge in [0, 0.05) is 30.7 Å². The molecule has 0 unspecified atom stereocenters. The monoisotopic (exact) mass is 408 g/mol. The Hall–Kier alpha value is -2.93. The van der Waals surface area contributed by atoms with Crippen LogP contribution in [0.2, 0.25) is 0 Å². The lowest BCUT2D eigenvalue weighted by Crippen LogP contribution is -2.54. The van der Waals surface area contributed by atoms with Crippen LogP contribution in [0.1, 0.15) is 41.0 Å². The van der Waals surface area contributed by atoms with Crippen LogP contribution in [0.5, 0.6) is 5.88 Å². The Morgan fingerprint density at radius 1 is 1.20 bits per heavy atom. The van der Waals surface area contributed by atoms with Crippen LogP contribution in [0.25, 0.3) is 0 Å². The highest BCUT2D eigenvalue weighted by Crippen LogP contribution is 2.29. The van der Waals surface area contributed by atoms with E-state index in [1.165, 1.54) is 5.56 Å². The van der Waals surface area contributed by atoms with Crippen LogP contribution in [-0.2, 0) is 24.3 Å². The molecule has 0 aliphatic carbocycles. The molecule has 0 bridgehead atoms. The molecule has 0 radical (unpaired) electrons. The van der Waals surface area contributed by atoms with Gasteiger partial charge in [0.25, 0.3) is 5.91 Å². The van der Waals surface area contributed by atoms with E-state index in [2.05, 4.69) is 27.3 Å². The molecule has 2 aliphatic rings. The van der Waals surface area contributed by atoms with Gasteiger partial charge >= 0.3 is 0 Å². The predicted octanol–water partition coefficient (Wildman–Crippen LogP) is 2.00. The van der Waals surface area contributed by atoms with Crippen molar-refractivity contribution < 1.29 is 14.3 Å². The minimum atomic E-state index is 0.00902. The van der Waals surface area contributed by atoms with Crippen molar-refractivity contribution in [2.24, 2.45) is 0 Å². The van der Waals surface area contributed by atoms with E-state index >= 15 is 0 Å². The first-order chi connectivity index (χ1) is 14.4. The van der Waals surface area contributed by atoms with Crippen LogP contribution < -0.4 is 10.1 Å². The average Bonchev–Trinajstić information content (AvgIpc) is 3.04. The number of carbonyl (C=O) groups is 2.